The van der Waals surface area contributed by atoms with E-state index in [2.05, 4.69) is 51.6 Å². The molecule has 80 valence electrons. The molecule has 0 spiro atoms. The lowest BCUT2D eigenvalue weighted by Gasteiger charge is -2.31. The second-order valence-corrected chi connectivity index (χ2v) is 4.17. The van der Waals surface area contributed by atoms with Crippen LogP contribution in [0.15, 0.2) is 0 Å². The van der Waals surface area contributed by atoms with Gasteiger partial charge in [0.05, 0.1) is 0 Å². The van der Waals surface area contributed by atoms with Gasteiger partial charge in [-0.3, -0.25) is 0 Å². The van der Waals surface area contributed by atoms with Crippen LogP contribution >= 0.6 is 0 Å². The number of likely N-dealkylation sites (N-methyl/N-ethyl adjacent to an activating group) is 2. The largest absolute Gasteiger partial charge is 0.302 e. The van der Waals surface area contributed by atoms with Gasteiger partial charge in [0.1, 0.15) is 0 Å². The summed E-state index contributed by atoms with van der Waals surface area (Å²) in [5, 5.41) is 0. The highest BCUT2D eigenvalue weighted by Crippen LogP contribution is 2.05. The minimum absolute atomic E-state index is 0.652. The maximum atomic E-state index is 2.43. The second kappa shape index (κ2) is 6.39. The van der Waals surface area contributed by atoms with Crippen molar-refractivity contribution in [3.8, 4) is 0 Å². The topological polar surface area (TPSA) is 6.48 Å². The summed E-state index contributed by atoms with van der Waals surface area (Å²) in [5.74, 6) is 0. The molecule has 0 heterocycles. The minimum Gasteiger partial charge on any atom is -0.302 e. The van der Waals surface area contributed by atoms with E-state index >= 15 is 0 Å². The summed E-state index contributed by atoms with van der Waals surface area (Å²) in [7, 11) is 4.42. The van der Waals surface area contributed by atoms with E-state index in [1.54, 1.807) is 0 Å². The molecule has 0 aromatic carbocycles. The highest BCUT2D eigenvalue weighted by Gasteiger charge is 2.14. The van der Waals surface area contributed by atoms with Gasteiger partial charge >= 0.3 is 0 Å². The summed E-state index contributed by atoms with van der Waals surface area (Å²) in [5.41, 5.74) is 0. The van der Waals surface area contributed by atoms with Crippen LogP contribution in [0.5, 0.6) is 0 Å². The fraction of sp³-hybridized carbons (Fsp3) is 1.00. The van der Waals surface area contributed by atoms with Gasteiger partial charge in [-0.25, -0.2) is 0 Å². The zero-order chi connectivity index (χ0) is 10.4. The Morgan fingerprint density at radius 2 is 1.54 bits per heavy atom. The monoisotopic (exact) mass is 186 g/mol. The van der Waals surface area contributed by atoms with Crippen molar-refractivity contribution in [2.24, 2.45) is 0 Å². The Labute approximate surface area is 83.9 Å². The van der Waals surface area contributed by atoms with Crippen LogP contribution in [-0.2, 0) is 0 Å². The third kappa shape index (κ3) is 4.63. The van der Waals surface area contributed by atoms with Crippen molar-refractivity contribution in [2.45, 2.75) is 46.2 Å². The van der Waals surface area contributed by atoms with Gasteiger partial charge in [-0.2, -0.15) is 0 Å². The van der Waals surface area contributed by atoms with E-state index in [0.717, 1.165) is 6.54 Å². The number of hydrogen-bond donors (Lipinski definition) is 0. The molecule has 2 heteroatoms. The van der Waals surface area contributed by atoms with Crippen molar-refractivity contribution in [3.05, 3.63) is 0 Å². The van der Waals surface area contributed by atoms with Crippen LogP contribution in [-0.4, -0.2) is 49.1 Å². The smallest absolute Gasteiger partial charge is 0.0217 e. The molecular formula is C11H26N2. The van der Waals surface area contributed by atoms with Crippen LogP contribution in [0.4, 0.5) is 0 Å². The minimum atomic E-state index is 0.652. The molecule has 0 N–H and O–H groups in total. The Morgan fingerprint density at radius 1 is 1.00 bits per heavy atom. The summed E-state index contributed by atoms with van der Waals surface area (Å²) in [6.07, 6.45) is 1.24. The number of hydrogen-bond acceptors (Lipinski definition) is 2. The summed E-state index contributed by atoms with van der Waals surface area (Å²) < 4.78 is 0. The molecule has 0 rings (SSSR count). The summed E-state index contributed by atoms with van der Waals surface area (Å²) in [4.78, 5) is 4.85. The first-order valence-electron chi connectivity index (χ1n) is 5.43. The highest BCUT2D eigenvalue weighted by molar-refractivity contribution is 4.71. The molecule has 0 saturated carbocycles. The van der Waals surface area contributed by atoms with Crippen LogP contribution in [0.3, 0.4) is 0 Å². The van der Waals surface area contributed by atoms with Gasteiger partial charge in [0.2, 0.25) is 0 Å². The van der Waals surface area contributed by atoms with Crippen LogP contribution in [0.1, 0.15) is 34.1 Å². The lowest BCUT2D eigenvalue weighted by molar-refractivity contribution is 0.162. The molecule has 0 saturated heterocycles. The molecule has 1 unspecified atom stereocenters. The van der Waals surface area contributed by atoms with Crippen LogP contribution in [0, 0.1) is 0 Å². The first kappa shape index (κ1) is 12.9. The molecule has 0 fully saturated rings. The van der Waals surface area contributed by atoms with Crippen molar-refractivity contribution in [2.75, 3.05) is 27.2 Å². The molecule has 0 aliphatic rings. The predicted octanol–water partition coefficient (Wildman–Crippen LogP) is 2.06. The van der Waals surface area contributed by atoms with Gasteiger partial charge in [-0.1, -0.05) is 13.8 Å². The Hall–Kier alpha value is -0.0800. The third-order valence-corrected chi connectivity index (χ3v) is 2.97. The van der Waals surface area contributed by atoms with Gasteiger partial charge in [-0.15, -0.1) is 0 Å². The third-order valence-electron chi connectivity index (χ3n) is 2.97. The van der Waals surface area contributed by atoms with Crippen molar-refractivity contribution < 1.29 is 0 Å². The average Bonchev–Trinajstić information content (AvgIpc) is 2.12. The second-order valence-electron chi connectivity index (χ2n) is 4.17. The van der Waals surface area contributed by atoms with Gasteiger partial charge in [-0.05, 0) is 40.9 Å². The quantitative estimate of drug-likeness (QED) is 0.626. The van der Waals surface area contributed by atoms with E-state index < -0.39 is 0 Å². The molecule has 13 heavy (non-hydrogen) atoms. The lowest BCUT2D eigenvalue weighted by Crippen LogP contribution is -2.42. The Kier molecular flexibility index (Phi) is 6.35. The average molecular weight is 186 g/mol. The molecule has 0 radical (unpaired) electrons. The molecule has 0 aromatic rings. The van der Waals surface area contributed by atoms with E-state index in [0.29, 0.717) is 12.1 Å². The SMILES string of the molecule is CCC(CN(C)C(C)C)N(C)CC. The summed E-state index contributed by atoms with van der Waals surface area (Å²) in [6, 6.07) is 1.36. The molecular weight excluding hydrogens is 160 g/mol. The van der Waals surface area contributed by atoms with E-state index in [-0.39, 0.29) is 0 Å². The zero-order valence-electron chi connectivity index (χ0n) is 10.2. The van der Waals surface area contributed by atoms with E-state index in [4.69, 9.17) is 0 Å². The van der Waals surface area contributed by atoms with Gasteiger partial charge in [0, 0.05) is 18.6 Å². The first-order valence-corrected chi connectivity index (χ1v) is 5.43. The van der Waals surface area contributed by atoms with Crippen molar-refractivity contribution >= 4 is 0 Å². The number of nitrogens with zero attached hydrogens (tertiary/aromatic N) is 2. The van der Waals surface area contributed by atoms with Gasteiger partial charge in [0.15, 0.2) is 0 Å². The zero-order valence-corrected chi connectivity index (χ0v) is 10.2. The van der Waals surface area contributed by atoms with E-state index in [1.165, 1.54) is 13.0 Å². The number of rotatable bonds is 6. The fourth-order valence-corrected chi connectivity index (χ4v) is 1.38. The Balaban J connectivity index is 3.97. The van der Waals surface area contributed by atoms with Gasteiger partial charge in [0.25, 0.3) is 0 Å². The predicted molar refractivity (Wildman–Crippen MR) is 60.1 cm³/mol. The summed E-state index contributed by atoms with van der Waals surface area (Å²) in [6.45, 7) is 11.3. The van der Waals surface area contributed by atoms with Crippen LogP contribution < -0.4 is 0 Å². The Bertz CT molecular complexity index is 123. The van der Waals surface area contributed by atoms with Crippen LogP contribution in [0.2, 0.25) is 0 Å². The molecule has 0 aliphatic carbocycles. The van der Waals surface area contributed by atoms with Crippen molar-refractivity contribution in [1.29, 1.82) is 0 Å². The molecule has 0 amide bonds. The Morgan fingerprint density at radius 3 is 1.85 bits per heavy atom. The van der Waals surface area contributed by atoms with Gasteiger partial charge < -0.3 is 9.80 Å². The van der Waals surface area contributed by atoms with Crippen molar-refractivity contribution in [3.63, 3.8) is 0 Å². The molecule has 1 atom stereocenters. The maximum absolute atomic E-state index is 2.43. The standard InChI is InChI=1S/C11H26N2/c1-7-11(12(5)8-2)9-13(6)10(3)4/h10-11H,7-9H2,1-6H3. The van der Waals surface area contributed by atoms with Crippen LogP contribution in [0.25, 0.3) is 0 Å². The fourth-order valence-electron chi connectivity index (χ4n) is 1.38. The van der Waals surface area contributed by atoms with E-state index in [9.17, 15) is 0 Å². The lowest BCUT2D eigenvalue weighted by atomic mass is 10.1. The maximum Gasteiger partial charge on any atom is 0.0217 e. The molecule has 2 nitrogen and oxygen atoms in total. The normalized spacial score (nSPS) is 14.5. The van der Waals surface area contributed by atoms with E-state index in [1.807, 2.05) is 0 Å². The molecule has 0 aromatic heterocycles. The first-order chi connectivity index (χ1) is 6.02. The van der Waals surface area contributed by atoms with Crippen molar-refractivity contribution in [1.82, 2.24) is 9.80 Å². The molecule has 0 bridgehead atoms. The molecule has 0 aliphatic heterocycles. The summed E-state index contributed by atoms with van der Waals surface area (Å²) >= 11 is 0. The highest BCUT2D eigenvalue weighted by atomic mass is 15.2.